The summed E-state index contributed by atoms with van der Waals surface area (Å²) in [5, 5.41) is 5.58. The van der Waals surface area contributed by atoms with Crippen molar-refractivity contribution in [3.05, 3.63) is 54.1 Å². The van der Waals surface area contributed by atoms with Crippen LogP contribution in [-0.2, 0) is 4.79 Å². The molecule has 2 N–H and O–H groups in total. The summed E-state index contributed by atoms with van der Waals surface area (Å²) < 4.78 is 0. The van der Waals surface area contributed by atoms with Crippen LogP contribution in [0, 0.1) is 0 Å². The summed E-state index contributed by atoms with van der Waals surface area (Å²) in [4.78, 5) is 39.1. The molecule has 3 rings (SSSR count). The van der Waals surface area contributed by atoms with Gasteiger partial charge in [-0.3, -0.25) is 9.59 Å². The Labute approximate surface area is 164 Å². The van der Waals surface area contributed by atoms with Gasteiger partial charge in [0.05, 0.1) is 0 Å². The molecule has 0 spiro atoms. The number of hydrogen-bond donors (Lipinski definition) is 2. The number of ketones is 1. The fourth-order valence-corrected chi connectivity index (χ4v) is 3.16. The molecule has 3 amide bonds. The zero-order valence-corrected chi connectivity index (χ0v) is 16.1. The molecular weight excluding hydrogens is 356 g/mol. The highest BCUT2D eigenvalue weighted by Gasteiger charge is 2.21. The summed E-state index contributed by atoms with van der Waals surface area (Å²) in [5.41, 5.74) is 3.03. The van der Waals surface area contributed by atoms with E-state index in [-0.39, 0.29) is 17.7 Å². The van der Waals surface area contributed by atoms with Crippen molar-refractivity contribution in [3.8, 4) is 0 Å². The highest BCUT2D eigenvalue weighted by atomic mass is 16.2. The average molecular weight is 380 g/mol. The highest BCUT2D eigenvalue weighted by molar-refractivity contribution is 5.94. The third-order valence-electron chi connectivity index (χ3n) is 4.64. The van der Waals surface area contributed by atoms with E-state index in [1.807, 2.05) is 24.3 Å². The monoisotopic (exact) mass is 380 g/mol. The second-order valence-electron chi connectivity index (χ2n) is 6.77. The number of anilines is 3. The van der Waals surface area contributed by atoms with Crippen LogP contribution in [0.25, 0.3) is 0 Å². The van der Waals surface area contributed by atoms with Crippen LogP contribution in [0.5, 0.6) is 0 Å². The Morgan fingerprint density at radius 2 is 1.43 bits per heavy atom. The number of nitrogens with one attached hydrogen (secondary N) is 2. The topological polar surface area (TPSA) is 81.8 Å². The summed E-state index contributed by atoms with van der Waals surface area (Å²) in [5.74, 6) is -0.105. The van der Waals surface area contributed by atoms with E-state index in [9.17, 15) is 14.4 Å². The van der Waals surface area contributed by atoms with Gasteiger partial charge in [0.25, 0.3) is 0 Å². The predicted molar refractivity (Wildman–Crippen MR) is 110 cm³/mol. The molecule has 7 heteroatoms. The normalized spacial score (nSPS) is 13.8. The third kappa shape index (κ3) is 4.88. The van der Waals surface area contributed by atoms with E-state index in [0.717, 1.165) is 18.8 Å². The lowest BCUT2D eigenvalue weighted by Gasteiger charge is -2.36. The van der Waals surface area contributed by atoms with Crippen molar-refractivity contribution in [2.45, 2.75) is 13.8 Å². The number of amides is 3. The first-order valence-electron chi connectivity index (χ1n) is 9.22. The van der Waals surface area contributed by atoms with Crippen molar-refractivity contribution in [1.29, 1.82) is 0 Å². The predicted octanol–water partition coefficient (Wildman–Crippen LogP) is 3.20. The molecule has 1 heterocycles. The van der Waals surface area contributed by atoms with Gasteiger partial charge in [0.1, 0.15) is 0 Å². The molecule has 2 aromatic carbocycles. The second kappa shape index (κ2) is 8.56. The van der Waals surface area contributed by atoms with Crippen molar-refractivity contribution in [3.63, 3.8) is 0 Å². The first-order chi connectivity index (χ1) is 13.4. The van der Waals surface area contributed by atoms with Crippen LogP contribution in [0.3, 0.4) is 0 Å². The summed E-state index contributed by atoms with van der Waals surface area (Å²) >= 11 is 0. The Balaban J connectivity index is 1.55. The molecule has 1 aliphatic heterocycles. The number of nitrogens with zero attached hydrogens (tertiary/aromatic N) is 2. The maximum Gasteiger partial charge on any atom is 0.321 e. The Kier molecular flexibility index (Phi) is 5.93. The molecule has 0 unspecified atom stereocenters. The van der Waals surface area contributed by atoms with Gasteiger partial charge in [0, 0.05) is 55.7 Å². The first-order valence-corrected chi connectivity index (χ1v) is 9.22. The molecule has 0 aliphatic carbocycles. The van der Waals surface area contributed by atoms with E-state index in [0.29, 0.717) is 30.0 Å². The van der Waals surface area contributed by atoms with Crippen LogP contribution in [0.4, 0.5) is 21.9 Å². The summed E-state index contributed by atoms with van der Waals surface area (Å²) in [6.45, 7) is 5.64. The van der Waals surface area contributed by atoms with E-state index in [1.165, 1.54) is 6.92 Å². The Morgan fingerprint density at radius 1 is 0.821 bits per heavy atom. The van der Waals surface area contributed by atoms with Gasteiger partial charge in [0.15, 0.2) is 5.78 Å². The van der Waals surface area contributed by atoms with Crippen molar-refractivity contribution < 1.29 is 14.4 Å². The quantitative estimate of drug-likeness (QED) is 0.798. The van der Waals surface area contributed by atoms with Gasteiger partial charge in [-0.15, -0.1) is 0 Å². The summed E-state index contributed by atoms with van der Waals surface area (Å²) in [7, 11) is 0. The Morgan fingerprint density at radius 3 is 2.00 bits per heavy atom. The van der Waals surface area contributed by atoms with Crippen LogP contribution in [-0.4, -0.2) is 48.8 Å². The van der Waals surface area contributed by atoms with Crippen LogP contribution in [0.15, 0.2) is 48.5 Å². The second-order valence-corrected chi connectivity index (χ2v) is 6.77. The maximum absolute atomic E-state index is 12.5. The van der Waals surface area contributed by atoms with Crippen molar-refractivity contribution in [1.82, 2.24) is 4.90 Å². The third-order valence-corrected chi connectivity index (χ3v) is 4.64. The SMILES string of the molecule is CC(=O)Nc1cccc(NC(=O)N2CCN(c3ccc(C(C)=O)cc3)CC2)c1. The average Bonchev–Trinajstić information content (AvgIpc) is 2.68. The number of hydrogen-bond acceptors (Lipinski definition) is 4. The van der Waals surface area contributed by atoms with Gasteiger partial charge in [0.2, 0.25) is 5.91 Å². The van der Waals surface area contributed by atoms with Gasteiger partial charge >= 0.3 is 6.03 Å². The standard InChI is InChI=1S/C21H24N4O3/c1-15(26)17-6-8-20(9-7-17)24-10-12-25(13-11-24)21(28)23-19-5-3-4-18(14-19)22-16(2)27/h3-9,14H,10-13H2,1-2H3,(H,22,27)(H,23,28). The number of carbonyl (C=O) groups is 3. The lowest BCUT2D eigenvalue weighted by molar-refractivity contribution is -0.114. The molecule has 146 valence electrons. The molecule has 0 bridgehead atoms. The molecule has 0 atom stereocenters. The van der Waals surface area contributed by atoms with Gasteiger partial charge in [-0.2, -0.15) is 0 Å². The summed E-state index contributed by atoms with van der Waals surface area (Å²) in [6.07, 6.45) is 0. The van der Waals surface area contributed by atoms with Crippen molar-refractivity contribution in [2.24, 2.45) is 0 Å². The van der Waals surface area contributed by atoms with E-state index in [1.54, 1.807) is 36.1 Å². The zero-order chi connectivity index (χ0) is 20.1. The minimum Gasteiger partial charge on any atom is -0.368 e. The van der Waals surface area contributed by atoms with Crippen molar-refractivity contribution in [2.75, 3.05) is 41.7 Å². The number of benzene rings is 2. The van der Waals surface area contributed by atoms with Crippen molar-refractivity contribution >= 4 is 34.8 Å². The highest BCUT2D eigenvalue weighted by Crippen LogP contribution is 2.19. The molecule has 0 aromatic heterocycles. The minimum absolute atomic E-state index is 0.0515. The van der Waals surface area contributed by atoms with Crippen LogP contribution in [0.1, 0.15) is 24.2 Å². The maximum atomic E-state index is 12.5. The number of carbonyl (C=O) groups excluding carboxylic acids is 3. The molecule has 1 saturated heterocycles. The lowest BCUT2D eigenvalue weighted by Crippen LogP contribution is -2.50. The van der Waals surface area contributed by atoms with Gasteiger partial charge in [-0.1, -0.05) is 6.07 Å². The van der Waals surface area contributed by atoms with E-state index < -0.39 is 0 Å². The fraction of sp³-hybridized carbons (Fsp3) is 0.286. The number of Topliss-reactive ketones (excluding diaryl/α,β-unsaturated/α-hetero) is 1. The Bertz CT molecular complexity index is 871. The first kappa shape index (κ1) is 19.4. The van der Waals surface area contributed by atoms with Gasteiger partial charge in [-0.05, 0) is 49.4 Å². The fourth-order valence-electron chi connectivity index (χ4n) is 3.16. The molecule has 2 aromatic rings. The molecule has 0 saturated carbocycles. The van der Waals surface area contributed by atoms with E-state index in [2.05, 4.69) is 15.5 Å². The van der Waals surface area contributed by atoms with E-state index in [4.69, 9.17) is 0 Å². The molecule has 28 heavy (non-hydrogen) atoms. The van der Waals surface area contributed by atoms with Crippen LogP contribution in [0.2, 0.25) is 0 Å². The minimum atomic E-state index is -0.161. The largest absolute Gasteiger partial charge is 0.368 e. The smallest absolute Gasteiger partial charge is 0.321 e. The molecule has 1 fully saturated rings. The molecule has 7 nitrogen and oxygen atoms in total. The molecule has 1 aliphatic rings. The number of urea groups is 1. The van der Waals surface area contributed by atoms with E-state index >= 15 is 0 Å². The summed E-state index contributed by atoms with van der Waals surface area (Å²) in [6, 6.07) is 14.5. The number of piperazine rings is 1. The van der Waals surface area contributed by atoms with Crippen LogP contribution >= 0.6 is 0 Å². The number of rotatable bonds is 4. The van der Waals surface area contributed by atoms with Gasteiger partial charge < -0.3 is 20.4 Å². The lowest BCUT2D eigenvalue weighted by atomic mass is 10.1. The molecular formula is C21H24N4O3. The van der Waals surface area contributed by atoms with Crippen LogP contribution < -0.4 is 15.5 Å². The zero-order valence-electron chi connectivity index (χ0n) is 16.1. The Hall–Kier alpha value is -3.35. The molecule has 0 radical (unpaired) electrons. The van der Waals surface area contributed by atoms with Gasteiger partial charge in [-0.25, -0.2) is 4.79 Å².